The number of carbonyl (C=O) groups is 1. The van der Waals surface area contributed by atoms with Gasteiger partial charge in [-0.3, -0.25) is 4.79 Å². The van der Waals surface area contributed by atoms with Crippen molar-refractivity contribution in [1.82, 2.24) is 4.98 Å². The molecular weight excluding hydrogens is 431 g/mol. The van der Waals surface area contributed by atoms with Gasteiger partial charge < -0.3 is 9.72 Å². The first-order chi connectivity index (χ1) is 14.7. The van der Waals surface area contributed by atoms with Gasteiger partial charge in [-0.25, -0.2) is 4.79 Å². The highest BCUT2D eigenvalue weighted by molar-refractivity contribution is 6.31. The number of nitrogens with one attached hydrogen (secondary N) is 1. The smallest absolute Gasteiger partial charge is 0.417 e. The monoisotopic (exact) mass is 447 g/mol. The van der Waals surface area contributed by atoms with Crippen molar-refractivity contribution in [1.29, 1.82) is 0 Å². The molecule has 1 aromatic heterocycles. The van der Waals surface area contributed by atoms with Crippen LogP contribution in [0.2, 0.25) is 5.02 Å². The number of ether oxygens (including phenoxy) is 1. The lowest BCUT2D eigenvalue weighted by atomic mass is 10.0. The van der Waals surface area contributed by atoms with Crippen LogP contribution in [0.15, 0.2) is 77.2 Å². The minimum absolute atomic E-state index is 0.00167. The summed E-state index contributed by atoms with van der Waals surface area (Å²) in [7, 11) is 0. The summed E-state index contributed by atoms with van der Waals surface area (Å²) in [4.78, 5) is 27.3. The molecule has 0 saturated heterocycles. The van der Waals surface area contributed by atoms with E-state index in [1.54, 1.807) is 42.5 Å². The highest BCUT2D eigenvalue weighted by Crippen LogP contribution is 2.35. The van der Waals surface area contributed by atoms with Gasteiger partial charge in [-0.1, -0.05) is 54.1 Å². The number of hydrogen-bond donors (Lipinski definition) is 1. The van der Waals surface area contributed by atoms with Crippen molar-refractivity contribution in [2.75, 3.05) is 0 Å². The minimum Gasteiger partial charge on any atom is -0.457 e. The van der Waals surface area contributed by atoms with E-state index in [1.807, 2.05) is 6.07 Å². The summed E-state index contributed by atoms with van der Waals surface area (Å²) in [6.07, 6.45) is -1.57. The lowest BCUT2D eigenvalue weighted by Crippen LogP contribution is -2.16. The molecule has 0 spiro atoms. The molecule has 0 aliphatic heterocycles. The molecule has 1 heterocycles. The van der Waals surface area contributed by atoms with Crippen molar-refractivity contribution < 1.29 is 22.7 Å². The largest absolute Gasteiger partial charge is 0.457 e. The maximum Gasteiger partial charge on any atom is 0.417 e. The van der Waals surface area contributed by atoms with Gasteiger partial charge in [0.15, 0.2) is 0 Å². The van der Waals surface area contributed by atoms with Crippen molar-refractivity contribution in [3.8, 4) is 0 Å². The third kappa shape index (κ3) is 6.08. The van der Waals surface area contributed by atoms with Crippen LogP contribution >= 0.6 is 11.6 Å². The van der Waals surface area contributed by atoms with Crippen molar-refractivity contribution in [3.63, 3.8) is 0 Å². The second kappa shape index (κ2) is 9.66. The number of H-pyrrole nitrogens is 1. The quantitative estimate of drug-likeness (QED) is 0.405. The SMILES string of the molecule is O=C(OCc1ccc(Cl)c(C(F)(F)F)c1)/C(=C\c1ccccc1)Cc1ccc[nH]c1=O. The molecule has 1 N–H and O–H groups in total. The molecule has 8 heteroatoms. The van der Waals surface area contributed by atoms with Crippen LogP contribution in [0.5, 0.6) is 0 Å². The number of rotatable bonds is 6. The normalized spacial score (nSPS) is 11.9. The molecule has 0 fully saturated rings. The number of aromatic nitrogens is 1. The summed E-state index contributed by atoms with van der Waals surface area (Å²) in [5.74, 6) is -0.740. The lowest BCUT2D eigenvalue weighted by molar-refractivity contribution is -0.140. The van der Waals surface area contributed by atoms with Crippen LogP contribution in [0.1, 0.15) is 22.3 Å². The molecule has 160 valence electrons. The maximum atomic E-state index is 13.0. The van der Waals surface area contributed by atoms with Crippen molar-refractivity contribution >= 4 is 23.6 Å². The number of hydrogen-bond acceptors (Lipinski definition) is 3. The first-order valence-electron chi connectivity index (χ1n) is 9.19. The van der Waals surface area contributed by atoms with E-state index in [-0.39, 0.29) is 29.7 Å². The summed E-state index contributed by atoms with van der Waals surface area (Å²) < 4.78 is 44.4. The first-order valence-corrected chi connectivity index (χ1v) is 9.57. The Morgan fingerprint density at radius 1 is 1.06 bits per heavy atom. The topological polar surface area (TPSA) is 59.2 Å². The first kappa shape index (κ1) is 22.4. The van der Waals surface area contributed by atoms with Crippen molar-refractivity contribution in [2.45, 2.75) is 19.2 Å². The Bertz CT molecular complexity index is 1150. The molecular formula is C23H17ClF3NO3. The lowest BCUT2D eigenvalue weighted by Gasteiger charge is -2.12. The summed E-state index contributed by atoms with van der Waals surface area (Å²) in [6, 6.07) is 15.5. The van der Waals surface area contributed by atoms with E-state index in [1.165, 1.54) is 12.3 Å². The third-order valence-corrected chi connectivity index (χ3v) is 4.72. The summed E-state index contributed by atoms with van der Waals surface area (Å²) in [6.45, 7) is -0.379. The Morgan fingerprint density at radius 2 is 1.81 bits per heavy atom. The minimum atomic E-state index is -4.62. The van der Waals surface area contributed by atoms with Gasteiger partial charge in [-0.15, -0.1) is 0 Å². The standard InChI is InChI=1S/C23H17ClF3NO3/c24-20-9-8-16(12-19(20)23(25,26)27)14-31-22(30)18(11-15-5-2-1-3-6-15)13-17-7-4-10-28-21(17)29/h1-12H,13-14H2,(H,28,29)/b18-11-. The van der Waals surface area contributed by atoms with Gasteiger partial charge in [0, 0.05) is 23.8 Å². The fourth-order valence-corrected chi connectivity index (χ4v) is 3.08. The number of carbonyl (C=O) groups excluding carboxylic acids is 1. The van der Waals surface area contributed by atoms with Crippen molar-refractivity contribution in [3.05, 3.63) is 110 Å². The summed E-state index contributed by atoms with van der Waals surface area (Å²) in [5, 5.41) is -0.435. The molecule has 3 rings (SSSR count). The van der Waals surface area contributed by atoms with E-state index in [0.29, 0.717) is 11.1 Å². The van der Waals surface area contributed by atoms with Gasteiger partial charge in [-0.05, 0) is 35.4 Å². The number of aromatic amines is 1. The fraction of sp³-hybridized carbons (Fsp3) is 0.130. The van der Waals surface area contributed by atoms with Gasteiger partial charge in [0.05, 0.1) is 10.6 Å². The third-order valence-electron chi connectivity index (χ3n) is 4.39. The van der Waals surface area contributed by atoms with E-state index in [2.05, 4.69) is 4.98 Å². The average Bonchev–Trinajstić information content (AvgIpc) is 2.74. The molecule has 0 bridgehead atoms. The predicted octanol–water partition coefficient (Wildman–Crippen LogP) is 5.42. The predicted molar refractivity (Wildman–Crippen MR) is 111 cm³/mol. The van der Waals surface area contributed by atoms with Crippen LogP contribution in [0.4, 0.5) is 13.2 Å². The highest BCUT2D eigenvalue weighted by atomic mass is 35.5. The number of alkyl halides is 3. The molecule has 31 heavy (non-hydrogen) atoms. The van der Waals surface area contributed by atoms with Crippen LogP contribution in [-0.4, -0.2) is 11.0 Å². The van der Waals surface area contributed by atoms with Crippen LogP contribution in [0.3, 0.4) is 0 Å². The molecule has 0 aliphatic carbocycles. The van der Waals surface area contributed by atoms with Gasteiger partial charge in [0.2, 0.25) is 0 Å². The molecule has 2 aromatic carbocycles. The zero-order chi connectivity index (χ0) is 22.4. The van der Waals surface area contributed by atoms with Crippen LogP contribution in [0, 0.1) is 0 Å². The molecule has 0 unspecified atom stereocenters. The van der Waals surface area contributed by atoms with E-state index in [9.17, 15) is 22.8 Å². The maximum absolute atomic E-state index is 13.0. The molecule has 0 amide bonds. The Balaban J connectivity index is 1.83. The molecule has 0 aliphatic rings. The molecule has 4 nitrogen and oxygen atoms in total. The second-order valence-corrected chi connectivity index (χ2v) is 7.08. The Labute approximate surface area is 181 Å². The Morgan fingerprint density at radius 3 is 2.48 bits per heavy atom. The van der Waals surface area contributed by atoms with Crippen molar-refractivity contribution in [2.24, 2.45) is 0 Å². The van der Waals surface area contributed by atoms with Gasteiger partial charge in [0.1, 0.15) is 6.61 Å². The highest BCUT2D eigenvalue weighted by Gasteiger charge is 2.33. The molecule has 0 atom stereocenters. The molecule has 0 saturated carbocycles. The zero-order valence-electron chi connectivity index (χ0n) is 16.1. The second-order valence-electron chi connectivity index (χ2n) is 6.67. The van der Waals surface area contributed by atoms with Gasteiger partial charge >= 0.3 is 12.1 Å². The van der Waals surface area contributed by atoms with E-state index in [0.717, 1.165) is 12.1 Å². The fourth-order valence-electron chi connectivity index (χ4n) is 2.85. The Kier molecular flexibility index (Phi) is 6.97. The van der Waals surface area contributed by atoms with E-state index >= 15 is 0 Å². The van der Waals surface area contributed by atoms with Crippen LogP contribution in [0.25, 0.3) is 6.08 Å². The number of esters is 1. The summed E-state index contributed by atoms with van der Waals surface area (Å²) in [5.41, 5.74) is 0.0510. The average molecular weight is 448 g/mol. The van der Waals surface area contributed by atoms with Gasteiger partial charge in [-0.2, -0.15) is 13.2 Å². The van der Waals surface area contributed by atoms with E-state index < -0.39 is 22.7 Å². The van der Waals surface area contributed by atoms with Gasteiger partial charge in [0.25, 0.3) is 5.56 Å². The van der Waals surface area contributed by atoms with E-state index in [4.69, 9.17) is 16.3 Å². The number of pyridine rings is 1. The molecule has 0 radical (unpaired) electrons. The number of halogens is 4. The summed E-state index contributed by atoms with van der Waals surface area (Å²) >= 11 is 5.62. The Hall–Kier alpha value is -3.32. The van der Waals surface area contributed by atoms with Crippen LogP contribution in [-0.2, 0) is 28.7 Å². The van der Waals surface area contributed by atoms with Crippen LogP contribution < -0.4 is 5.56 Å². The zero-order valence-corrected chi connectivity index (χ0v) is 16.8. The molecule has 3 aromatic rings. The number of benzene rings is 2.